The molecule has 1 fully saturated rings. The molecule has 6 rings (SSSR count). The van der Waals surface area contributed by atoms with Crippen molar-refractivity contribution in [1.29, 1.82) is 0 Å². The van der Waals surface area contributed by atoms with Crippen LogP contribution < -0.4 is 9.62 Å². The first kappa shape index (κ1) is 28.4. The van der Waals surface area contributed by atoms with Gasteiger partial charge in [0.2, 0.25) is 15.9 Å². The van der Waals surface area contributed by atoms with E-state index in [2.05, 4.69) is 41.8 Å². The van der Waals surface area contributed by atoms with Crippen molar-refractivity contribution >= 4 is 21.6 Å². The summed E-state index contributed by atoms with van der Waals surface area (Å²) in [6.45, 7) is 6.59. The van der Waals surface area contributed by atoms with Gasteiger partial charge in [0, 0.05) is 37.1 Å². The highest BCUT2D eigenvalue weighted by atomic mass is 32.2. The predicted molar refractivity (Wildman–Crippen MR) is 164 cm³/mol. The van der Waals surface area contributed by atoms with Crippen LogP contribution >= 0.6 is 0 Å². The van der Waals surface area contributed by atoms with Crippen molar-refractivity contribution < 1.29 is 13.2 Å². The van der Waals surface area contributed by atoms with Gasteiger partial charge in [0.25, 0.3) is 0 Å². The Morgan fingerprint density at radius 3 is 2.50 bits per heavy atom. The number of carbonyl (C=O) groups excluding carboxylic acids is 1. The summed E-state index contributed by atoms with van der Waals surface area (Å²) >= 11 is 0. The molecule has 0 saturated heterocycles. The molecule has 0 radical (unpaired) electrons. The zero-order valence-electron chi connectivity index (χ0n) is 24.6. The minimum atomic E-state index is -3.72. The maximum absolute atomic E-state index is 14.4. The number of carbonyl (C=O) groups is 1. The fourth-order valence-electron chi connectivity index (χ4n) is 6.59. The van der Waals surface area contributed by atoms with Gasteiger partial charge in [0.1, 0.15) is 5.82 Å². The van der Waals surface area contributed by atoms with Crippen LogP contribution in [0.15, 0.2) is 90.1 Å². The lowest BCUT2D eigenvalue weighted by molar-refractivity contribution is -0.120. The number of nitrogens with zero attached hydrogens (tertiary/aromatic N) is 3. The number of fused-ring (bicyclic) bond motifs is 1. The molecule has 42 heavy (non-hydrogen) atoms. The Morgan fingerprint density at radius 1 is 1.07 bits per heavy atom. The molecule has 1 saturated carbocycles. The lowest BCUT2D eigenvalue weighted by atomic mass is 9.87. The van der Waals surface area contributed by atoms with Crippen molar-refractivity contribution in [3.8, 4) is 0 Å². The highest BCUT2D eigenvalue weighted by Gasteiger charge is 2.63. The Labute approximate surface area is 248 Å². The smallest absolute Gasteiger partial charge is 0.241 e. The molecule has 8 heteroatoms. The van der Waals surface area contributed by atoms with E-state index in [-0.39, 0.29) is 34.1 Å². The number of nitrogens with one attached hydrogen (secondary N) is 1. The standard InChI is InChI=1S/C34H38N4O3S/c1-23-13-17-27(18-14-23)42(40,41)36-29-12-8-11-24-15-16-26(21-28(24)29)38(22-30-35-19-20-37(30)4)33(39)32-31(34(32,2)3)25-9-6-5-7-10-25/h5-7,9-10,13-21,29,31-32,36H,8,11-12,22H2,1-4H3/t29-,31+,32+/m1/s1. The Balaban J connectivity index is 1.35. The number of aryl methyl sites for hydroxylation is 3. The van der Waals surface area contributed by atoms with E-state index in [4.69, 9.17) is 0 Å². The van der Waals surface area contributed by atoms with Gasteiger partial charge in [-0.25, -0.2) is 18.1 Å². The zero-order valence-corrected chi connectivity index (χ0v) is 25.4. The summed E-state index contributed by atoms with van der Waals surface area (Å²) in [5.74, 6) is 0.797. The number of hydrogen-bond donors (Lipinski definition) is 1. The third-order valence-electron chi connectivity index (χ3n) is 9.12. The average Bonchev–Trinajstić information content (AvgIpc) is 3.32. The van der Waals surface area contributed by atoms with Crippen LogP contribution in [-0.4, -0.2) is 23.9 Å². The molecule has 2 aliphatic carbocycles. The van der Waals surface area contributed by atoms with Gasteiger partial charge in [0.05, 0.1) is 17.4 Å². The van der Waals surface area contributed by atoms with Crippen LogP contribution in [0, 0.1) is 18.3 Å². The van der Waals surface area contributed by atoms with Crippen LogP contribution in [0.2, 0.25) is 0 Å². The Kier molecular flexibility index (Phi) is 7.31. The van der Waals surface area contributed by atoms with E-state index in [1.165, 1.54) is 5.56 Å². The summed E-state index contributed by atoms with van der Waals surface area (Å²) in [6.07, 6.45) is 6.08. The van der Waals surface area contributed by atoms with Crippen LogP contribution in [0.1, 0.15) is 66.7 Å². The van der Waals surface area contributed by atoms with E-state index in [0.29, 0.717) is 13.0 Å². The third kappa shape index (κ3) is 5.29. The molecule has 7 nitrogen and oxygen atoms in total. The Morgan fingerprint density at radius 2 is 1.81 bits per heavy atom. The molecule has 0 unspecified atom stereocenters. The first-order valence-electron chi connectivity index (χ1n) is 14.6. The van der Waals surface area contributed by atoms with Gasteiger partial charge in [-0.1, -0.05) is 67.9 Å². The second kappa shape index (κ2) is 10.8. The highest BCUT2D eigenvalue weighted by molar-refractivity contribution is 7.89. The molecule has 3 aromatic carbocycles. The van der Waals surface area contributed by atoms with Crippen molar-refractivity contribution in [3.05, 3.63) is 113 Å². The molecule has 0 bridgehead atoms. The number of aromatic nitrogens is 2. The van der Waals surface area contributed by atoms with Crippen LogP contribution in [0.5, 0.6) is 0 Å². The fraction of sp³-hybridized carbons (Fsp3) is 0.353. The van der Waals surface area contributed by atoms with Gasteiger partial charge in [-0.2, -0.15) is 0 Å². The van der Waals surface area contributed by atoms with Gasteiger partial charge in [-0.3, -0.25) is 4.79 Å². The van der Waals surface area contributed by atoms with Gasteiger partial charge in [-0.15, -0.1) is 0 Å². The van der Waals surface area contributed by atoms with E-state index in [1.807, 2.05) is 72.1 Å². The quantitative estimate of drug-likeness (QED) is 0.274. The van der Waals surface area contributed by atoms with Crippen LogP contribution in [0.3, 0.4) is 0 Å². The molecular weight excluding hydrogens is 544 g/mol. The van der Waals surface area contributed by atoms with Crippen molar-refractivity contribution in [3.63, 3.8) is 0 Å². The van der Waals surface area contributed by atoms with Crippen LogP contribution in [0.25, 0.3) is 0 Å². The molecule has 0 aliphatic heterocycles. The van der Waals surface area contributed by atoms with Crippen LogP contribution in [-0.2, 0) is 34.8 Å². The van der Waals surface area contributed by atoms with E-state index < -0.39 is 10.0 Å². The second-order valence-corrected chi connectivity index (χ2v) is 14.0. The summed E-state index contributed by atoms with van der Waals surface area (Å²) in [7, 11) is -1.78. The first-order chi connectivity index (χ1) is 20.1. The van der Waals surface area contributed by atoms with E-state index in [9.17, 15) is 13.2 Å². The molecule has 3 atom stereocenters. The molecular formula is C34H38N4O3S. The number of hydrogen-bond acceptors (Lipinski definition) is 4. The lowest BCUT2D eigenvalue weighted by Crippen LogP contribution is -2.35. The largest absolute Gasteiger partial charge is 0.337 e. The normalized spacial score (nSPS) is 21.0. The molecule has 0 spiro atoms. The molecule has 1 N–H and O–H groups in total. The predicted octanol–water partition coefficient (Wildman–Crippen LogP) is 6.06. The zero-order chi connectivity index (χ0) is 29.6. The Hall–Kier alpha value is -3.75. The number of anilines is 1. The van der Waals surface area contributed by atoms with Gasteiger partial charge in [-0.05, 0) is 72.6 Å². The minimum absolute atomic E-state index is 0.0596. The van der Waals surface area contributed by atoms with Gasteiger partial charge in [0.15, 0.2) is 0 Å². The number of benzene rings is 3. The number of sulfonamides is 1. The Bertz CT molecular complexity index is 1710. The second-order valence-electron chi connectivity index (χ2n) is 12.3. The van der Waals surface area contributed by atoms with Gasteiger partial charge >= 0.3 is 0 Å². The summed E-state index contributed by atoms with van der Waals surface area (Å²) in [5.41, 5.74) is 4.80. The maximum atomic E-state index is 14.4. The van der Waals surface area contributed by atoms with E-state index >= 15 is 0 Å². The molecule has 1 amide bonds. The number of imidazole rings is 1. The monoisotopic (exact) mass is 582 g/mol. The van der Waals surface area contributed by atoms with E-state index in [0.717, 1.165) is 41.0 Å². The summed E-state index contributed by atoms with van der Waals surface area (Å²) in [5, 5.41) is 0. The van der Waals surface area contributed by atoms with Crippen molar-refractivity contribution in [2.24, 2.45) is 18.4 Å². The summed E-state index contributed by atoms with van der Waals surface area (Å²) in [6, 6.07) is 22.9. The van der Waals surface area contributed by atoms with Gasteiger partial charge < -0.3 is 9.47 Å². The lowest BCUT2D eigenvalue weighted by Gasteiger charge is -2.30. The minimum Gasteiger partial charge on any atom is -0.337 e. The maximum Gasteiger partial charge on any atom is 0.241 e. The van der Waals surface area contributed by atoms with E-state index in [1.54, 1.807) is 18.3 Å². The SMILES string of the molecule is Cc1ccc(S(=O)(=O)N[C@@H]2CCCc3ccc(N(Cc4nccn4C)C(=O)[C@@H]4[C@H](c5ccccc5)C4(C)C)cc32)cc1. The molecule has 1 aromatic heterocycles. The van der Waals surface area contributed by atoms with Crippen molar-refractivity contribution in [2.45, 2.75) is 63.4 Å². The van der Waals surface area contributed by atoms with Crippen molar-refractivity contribution in [2.75, 3.05) is 4.90 Å². The number of rotatable bonds is 8. The molecule has 2 aliphatic rings. The topological polar surface area (TPSA) is 84.3 Å². The first-order valence-corrected chi connectivity index (χ1v) is 16.1. The third-order valence-corrected chi connectivity index (χ3v) is 10.6. The van der Waals surface area contributed by atoms with Crippen LogP contribution in [0.4, 0.5) is 5.69 Å². The molecule has 218 valence electrons. The number of amides is 1. The molecule has 4 aromatic rings. The summed E-state index contributed by atoms with van der Waals surface area (Å²) in [4.78, 5) is 21.0. The fourth-order valence-corrected chi connectivity index (χ4v) is 7.84. The highest BCUT2D eigenvalue weighted by Crippen LogP contribution is 2.65. The average molecular weight is 583 g/mol. The van der Waals surface area contributed by atoms with Crippen molar-refractivity contribution in [1.82, 2.24) is 14.3 Å². The molecule has 1 heterocycles. The summed E-state index contributed by atoms with van der Waals surface area (Å²) < 4.78 is 31.6.